The maximum atomic E-state index is 9.95. The van der Waals surface area contributed by atoms with E-state index >= 15 is 0 Å². The Bertz CT molecular complexity index is 606. The van der Waals surface area contributed by atoms with Crippen LogP contribution in [0.2, 0.25) is 5.28 Å². The summed E-state index contributed by atoms with van der Waals surface area (Å²) in [5, 5.41) is 28.8. The molecule has 0 unspecified atom stereocenters. The number of aromatic nitrogens is 4. The average molecular weight is 287 g/mol. The molecule has 102 valence electrons. The Morgan fingerprint density at radius 2 is 2.11 bits per heavy atom. The molecule has 0 saturated carbocycles. The van der Waals surface area contributed by atoms with Gasteiger partial charge in [0.05, 0.1) is 19.1 Å². The van der Waals surface area contributed by atoms with E-state index in [9.17, 15) is 10.2 Å². The smallest absolute Gasteiger partial charge is 0.224 e. The fourth-order valence-corrected chi connectivity index (χ4v) is 2.23. The van der Waals surface area contributed by atoms with Gasteiger partial charge in [-0.25, -0.2) is 9.97 Å². The van der Waals surface area contributed by atoms with Crippen molar-refractivity contribution >= 4 is 22.8 Å². The van der Waals surface area contributed by atoms with Gasteiger partial charge in [0.1, 0.15) is 23.8 Å². The highest BCUT2D eigenvalue weighted by Crippen LogP contribution is 2.31. The third-order valence-electron chi connectivity index (χ3n) is 3.08. The molecule has 0 radical (unpaired) electrons. The monoisotopic (exact) mass is 286 g/mol. The number of imidazole rings is 1. The number of halogens is 1. The first-order chi connectivity index (χ1) is 9.11. The first kappa shape index (κ1) is 12.7. The van der Waals surface area contributed by atoms with Gasteiger partial charge in [-0.3, -0.25) is 4.57 Å². The normalized spacial score (nSPS) is 31.2. The highest BCUT2D eigenvalue weighted by Gasteiger charge is 2.43. The van der Waals surface area contributed by atoms with Crippen LogP contribution in [0.25, 0.3) is 11.2 Å². The maximum absolute atomic E-state index is 9.95. The molecule has 1 saturated heterocycles. The topological polar surface area (TPSA) is 114 Å². The minimum Gasteiger partial charge on any atom is -0.394 e. The van der Waals surface area contributed by atoms with Gasteiger partial charge in [0.2, 0.25) is 5.28 Å². The van der Waals surface area contributed by atoms with Gasteiger partial charge in [0, 0.05) is 0 Å². The van der Waals surface area contributed by atoms with Crippen molar-refractivity contribution in [2.24, 2.45) is 0 Å². The molecule has 0 aromatic carbocycles. The Hall–Kier alpha value is -1.32. The zero-order valence-corrected chi connectivity index (χ0v) is 10.3. The zero-order valence-electron chi connectivity index (χ0n) is 9.59. The van der Waals surface area contributed by atoms with E-state index in [0.717, 1.165) is 0 Å². The second-order valence-electron chi connectivity index (χ2n) is 4.23. The van der Waals surface area contributed by atoms with Crippen LogP contribution in [0.3, 0.4) is 0 Å². The van der Waals surface area contributed by atoms with Crippen LogP contribution in [0.5, 0.6) is 0 Å². The SMILES string of the molecule is OC[C@H]1O[C@H](n2cnc3cnc(Cl)nc32)[C@H](O)[C@@H]1O. The summed E-state index contributed by atoms with van der Waals surface area (Å²) in [7, 11) is 0. The summed E-state index contributed by atoms with van der Waals surface area (Å²) in [5.41, 5.74) is 0.872. The van der Waals surface area contributed by atoms with Gasteiger partial charge in [0.15, 0.2) is 11.9 Å². The minimum absolute atomic E-state index is 0.0426. The van der Waals surface area contributed by atoms with Crippen LogP contribution >= 0.6 is 11.6 Å². The Kier molecular flexibility index (Phi) is 3.11. The third kappa shape index (κ3) is 1.97. The molecule has 9 heteroatoms. The fraction of sp³-hybridized carbons (Fsp3) is 0.500. The van der Waals surface area contributed by atoms with Crippen molar-refractivity contribution in [2.45, 2.75) is 24.5 Å². The highest BCUT2D eigenvalue weighted by atomic mass is 35.5. The molecule has 2 aromatic rings. The first-order valence-electron chi connectivity index (χ1n) is 5.59. The predicted molar refractivity (Wildman–Crippen MR) is 63.3 cm³/mol. The van der Waals surface area contributed by atoms with E-state index < -0.39 is 31.1 Å². The van der Waals surface area contributed by atoms with Gasteiger partial charge in [0.25, 0.3) is 0 Å². The summed E-state index contributed by atoms with van der Waals surface area (Å²) in [5.74, 6) is 0. The Labute approximate surface area is 112 Å². The summed E-state index contributed by atoms with van der Waals surface area (Å²) >= 11 is 5.72. The number of fused-ring (bicyclic) bond motifs is 1. The van der Waals surface area contributed by atoms with Gasteiger partial charge >= 0.3 is 0 Å². The first-order valence-corrected chi connectivity index (χ1v) is 5.97. The van der Waals surface area contributed by atoms with Crippen LogP contribution in [0.15, 0.2) is 12.5 Å². The summed E-state index contributed by atoms with van der Waals surface area (Å²) in [6, 6.07) is 0. The van der Waals surface area contributed by atoms with Crippen LogP contribution < -0.4 is 0 Å². The molecule has 0 amide bonds. The summed E-state index contributed by atoms with van der Waals surface area (Å²) in [4.78, 5) is 11.9. The van der Waals surface area contributed by atoms with E-state index in [2.05, 4.69) is 15.0 Å². The largest absolute Gasteiger partial charge is 0.394 e. The standard InChI is InChI=1S/C10H11ClN4O4/c11-10-12-1-4-8(14-10)15(3-13-4)9-7(18)6(17)5(2-16)19-9/h1,3,5-7,9,16-18H,2H2/t5-,6-,7-,9+/m1/s1. The lowest BCUT2D eigenvalue weighted by atomic mass is 10.1. The van der Waals surface area contributed by atoms with Crippen molar-refractivity contribution in [1.82, 2.24) is 19.5 Å². The quantitative estimate of drug-likeness (QED) is 0.613. The van der Waals surface area contributed by atoms with Crippen molar-refractivity contribution in [2.75, 3.05) is 6.61 Å². The van der Waals surface area contributed by atoms with Gasteiger partial charge in [-0.05, 0) is 11.6 Å². The highest BCUT2D eigenvalue weighted by molar-refractivity contribution is 6.28. The van der Waals surface area contributed by atoms with Gasteiger partial charge < -0.3 is 20.1 Å². The zero-order chi connectivity index (χ0) is 13.6. The molecule has 0 aliphatic carbocycles. The maximum Gasteiger partial charge on any atom is 0.224 e. The molecular formula is C10H11ClN4O4. The lowest BCUT2D eigenvalue weighted by molar-refractivity contribution is -0.0511. The number of hydrogen-bond acceptors (Lipinski definition) is 7. The molecular weight excluding hydrogens is 276 g/mol. The van der Waals surface area contributed by atoms with E-state index in [1.54, 1.807) is 0 Å². The molecule has 1 aliphatic rings. The van der Waals surface area contributed by atoms with Crippen LogP contribution in [0, 0.1) is 0 Å². The van der Waals surface area contributed by atoms with E-state index in [1.807, 2.05) is 0 Å². The van der Waals surface area contributed by atoms with Crippen LogP contribution in [-0.2, 0) is 4.74 Å². The van der Waals surface area contributed by atoms with Crippen molar-refractivity contribution in [1.29, 1.82) is 0 Å². The van der Waals surface area contributed by atoms with E-state index in [0.29, 0.717) is 11.2 Å². The second-order valence-corrected chi connectivity index (χ2v) is 4.57. The molecule has 1 aliphatic heterocycles. The fourth-order valence-electron chi connectivity index (χ4n) is 2.10. The number of ether oxygens (including phenoxy) is 1. The molecule has 1 fully saturated rings. The summed E-state index contributed by atoms with van der Waals surface area (Å²) < 4.78 is 6.85. The Balaban J connectivity index is 2.03. The summed E-state index contributed by atoms with van der Waals surface area (Å²) in [6.07, 6.45) is -1.25. The van der Waals surface area contributed by atoms with Crippen molar-refractivity contribution < 1.29 is 20.1 Å². The number of aliphatic hydroxyl groups is 3. The molecule has 2 aromatic heterocycles. The van der Waals surface area contributed by atoms with E-state index in [1.165, 1.54) is 17.1 Å². The molecule has 8 nitrogen and oxygen atoms in total. The third-order valence-corrected chi connectivity index (χ3v) is 3.26. The van der Waals surface area contributed by atoms with Gasteiger partial charge in [-0.1, -0.05) is 0 Å². The lowest BCUT2D eigenvalue weighted by Crippen LogP contribution is -2.33. The Morgan fingerprint density at radius 3 is 2.79 bits per heavy atom. The van der Waals surface area contributed by atoms with Crippen LogP contribution in [-0.4, -0.2) is 59.8 Å². The van der Waals surface area contributed by atoms with Crippen LogP contribution in [0.1, 0.15) is 6.23 Å². The Morgan fingerprint density at radius 1 is 1.32 bits per heavy atom. The molecule has 3 rings (SSSR count). The predicted octanol–water partition coefficient (Wildman–Crippen LogP) is -0.909. The minimum atomic E-state index is -1.19. The molecule has 0 spiro atoms. The number of nitrogens with zero attached hydrogens (tertiary/aromatic N) is 4. The van der Waals surface area contributed by atoms with Crippen molar-refractivity contribution in [3.05, 3.63) is 17.8 Å². The average Bonchev–Trinajstić information content (AvgIpc) is 2.92. The van der Waals surface area contributed by atoms with E-state index in [4.69, 9.17) is 21.4 Å². The number of aliphatic hydroxyl groups excluding tert-OH is 3. The lowest BCUT2D eigenvalue weighted by Gasteiger charge is -2.16. The van der Waals surface area contributed by atoms with Crippen molar-refractivity contribution in [3.8, 4) is 0 Å². The van der Waals surface area contributed by atoms with Crippen molar-refractivity contribution in [3.63, 3.8) is 0 Å². The molecule has 3 heterocycles. The van der Waals surface area contributed by atoms with E-state index in [-0.39, 0.29) is 5.28 Å². The van der Waals surface area contributed by atoms with Gasteiger partial charge in [-0.15, -0.1) is 0 Å². The van der Waals surface area contributed by atoms with Crippen LogP contribution in [0.4, 0.5) is 0 Å². The number of rotatable bonds is 2. The summed E-state index contributed by atoms with van der Waals surface area (Å²) in [6.45, 7) is -0.392. The molecule has 0 bridgehead atoms. The van der Waals surface area contributed by atoms with Gasteiger partial charge in [-0.2, -0.15) is 4.98 Å². The molecule has 19 heavy (non-hydrogen) atoms. The molecule has 3 N–H and O–H groups in total. The number of hydrogen-bond donors (Lipinski definition) is 3. The second kappa shape index (κ2) is 4.66. The molecule has 4 atom stereocenters.